The van der Waals surface area contributed by atoms with E-state index in [2.05, 4.69) is 6.07 Å². The molecule has 1 aliphatic heterocycles. The number of halogens is 1. The van der Waals surface area contributed by atoms with E-state index in [9.17, 15) is 15.4 Å². The Morgan fingerprint density at radius 1 is 1.61 bits per heavy atom. The third-order valence-electron chi connectivity index (χ3n) is 3.12. The molecule has 1 saturated heterocycles. The van der Waals surface area contributed by atoms with E-state index in [0.29, 0.717) is 31.1 Å². The van der Waals surface area contributed by atoms with Gasteiger partial charge in [0, 0.05) is 18.7 Å². The first-order valence-electron chi connectivity index (χ1n) is 5.48. The minimum absolute atomic E-state index is 0.0440. The van der Waals surface area contributed by atoms with Crippen LogP contribution < -0.4 is 0 Å². The first-order valence-corrected chi connectivity index (χ1v) is 5.86. The molecule has 1 aliphatic rings. The lowest BCUT2D eigenvalue weighted by molar-refractivity contribution is -0.384. The Kier molecular flexibility index (Phi) is 3.50. The third kappa shape index (κ3) is 2.45. The van der Waals surface area contributed by atoms with Crippen LogP contribution in [0.4, 0.5) is 5.69 Å². The number of nitro groups is 1. The molecule has 5 nitrogen and oxygen atoms in total. The fraction of sp³-hybridized carbons (Fsp3) is 0.417. The Bertz CT molecular complexity index is 519. The van der Waals surface area contributed by atoms with Gasteiger partial charge in [-0.1, -0.05) is 17.7 Å². The molecule has 18 heavy (non-hydrogen) atoms. The van der Waals surface area contributed by atoms with Crippen LogP contribution in [-0.2, 0) is 11.2 Å². The van der Waals surface area contributed by atoms with Crippen molar-refractivity contribution in [3.63, 3.8) is 0 Å². The third-order valence-corrected chi connectivity index (χ3v) is 3.47. The van der Waals surface area contributed by atoms with Crippen molar-refractivity contribution >= 4 is 17.3 Å². The van der Waals surface area contributed by atoms with Crippen molar-refractivity contribution in [2.24, 2.45) is 5.41 Å². The maximum absolute atomic E-state index is 10.6. The molecule has 1 atom stereocenters. The lowest BCUT2D eigenvalue weighted by atomic mass is 9.82. The predicted molar refractivity (Wildman–Crippen MR) is 65.3 cm³/mol. The zero-order valence-corrected chi connectivity index (χ0v) is 10.3. The van der Waals surface area contributed by atoms with Crippen molar-refractivity contribution in [1.82, 2.24) is 0 Å². The van der Waals surface area contributed by atoms with Crippen molar-refractivity contribution < 1.29 is 9.66 Å². The standard InChI is InChI=1S/C12H11ClN2O3/c13-11-5-10(15(16)17)2-1-9(11)6-12(7-14)3-4-18-8-12/h1-2,5H,3-4,6,8H2. The van der Waals surface area contributed by atoms with Crippen LogP contribution in [0.25, 0.3) is 0 Å². The van der Waals surface area contributed by atoms with E-state index in [-0.39, 0.29) is 5.69 Å². The molecule has 2 rings (SSSR count). The summed E-state index contributed by atoms with van der Waals surface area (Å²) in [5.74, 6) is 0. The van der Waals surface area contributed by atoms with E-state index in [4.69, 9.17) is 16.3 Å². The molecule has 1 unspecified atom stereocenters. The minimum atomic E-state index is -0.556. The summed E-state index contributed by atoms with van der Waals surface area (Å²) in [6.07, 6.45) is 1.12. The number of hydrogen-bond donors (Lipinski definition) is 0. The van der Waals surface area contributed by atoms with Gasteiger partial charge in [0.1, 0.15) is 0 Å². The molecule has 94 valence electrons. The maximum Gasteiger partial charge on any atom is 0.270 e. The van der Waals surface area contributed by atoms with E-state index in [1.165, 1.54) is 12.1 Å². The van der Waals surface area contributed by atoms with Crippen molar-refractivity contribution in [1.29, 1.82) is 5.26 Å². The summed E-state index contributed by atoms with van der Waals surface area (Å²) in [5.41, 5.74) is 0.145. The Hall–Kier alpha value is -1.64. The average molecular weight is 267 g/mol. The number of nitriles is 1. The van der Waals surface area contributed by atoms with Gasteiger partial charge in [-0.15, -0.1) is 0 Å². The fourth-order valence-corrected chi connectivity index (χ4v) is 2.27. The van der Waals surface area contributed by atoms with Gasteiger partial charge < -0.3 is 4.74 Å². The van der Waals surface area contributed by atoms with Gasteiger partial charge in [-0.2, -0.15) is 5.26 Å². The molecule has 1 aromatic carbocycles. The first kappa shape index (κ1) is 12.8. The molecule has 0 N–H and O–H groups in total. The summed E-state index contributed by atoms with van der Waals surface area (Å²) in [4.78, 5) is 10.1. The second-order valence-electron chi connectivity index (χ2n) is 4.40. The summed E-state index contributed by atoms with van der Waals surface area (Å²) in [7, 11) is 0. The molecule has 1 fully saturated rings. The molecule has 0 saturated carbocycles. The van der Waals surface area contributed by atoms with Gasteiger partial charge in [0.2, 0.25) is 0 Å². The number of hydrogen-bond acceptors (Lipinski definition) is 4. The molecule has 0 bridgehead atoms. The largest absolute Gasteiger partial charge is 0.380 e. The highest BCUT2D eigenvalue weighted by Crippen LogP contribution is 2.35. The van der Waals surface area contributed by atoms with Crippen molar-refractivity contribution in [3.05, 3.63) is 38.9 Å². The summed E-state index contributed by atoms with van der Waals surface area (Å²) in [6, 6.07) is 6.60. The highest BCUT2D eigenvalue weighted by atomic mass is 35.5. The van der Waals surface area contributed by atoms with Crippen molar-refractivity contribution in [2.75, 3.05) is 13.2 Å². The predicted octanol–water partition coefficient (Wildman–Crippen LogP) is 2.72. The van der Waals surface area contributed by atoms with Gasteiger partial charge in [-0.3, -0.25) is 10.1 Å². The fourth-order valence-electron chi connectivity index (χ4n) is 2.03. The van der Waals surface area contributed by atoms with E-state index in [1.54, 1.807) is 6.07 Å². The number of rotatable bonds is 3. The highest BCUT2D eigenvalue weighted by Gasteiger charge is 2.35. The van der Waals surface area contributed by atoms with Gasteiger partial charge in [0.25, 0.3) is 5.69 Å². The Labute approximate surface area is 109 Å². The molecule has 1 aromatic rings. The molecule has 0 radical (unpaired) electrons. The normalized spacial score (nSPS) is 22.7. The number of benzene rings is 1. The maximum atomic E-state index is 10.6. The van der Waals surface area contributed by atoms with Gasteiger partial charge in [-0.05, 0) is 18.4 Å². The Balaban J connectivity index is 2.25. The SMILES string of the molecule is N#CC1(Cc2ccc([N+](=O)[O-])cc2Cl)CCOC1. The minimum Gasteiger partial charge on any atom is -0.380 e. The number of non-ortho nitro benzene ring substituents is 1. The van der Waals surface area contributed by atoms with E-state index < -0.39 is 10.3 Å². The number of nitrogens with zero attached hydrogens (tertiary/aromatic N) is 2. The van der Waals surface area contributed by atoms with Crippen LogP contribution in [0.5, 0.6) is 0 Å². The summed E-state index contributed by atoms with van der Waals surface area (Å²) < 4.78 is 5.25. The van der Waals surface area contributed by atoms with Crippen LogP contribution in [0, 0.1) is 26.9 Å². The van der Waals surface area contributed by atoms with Crippen LogP contribution in [0.2, 0.25) is 5.02 Å². The average Bonchev–Trinajstić information content (AvgIpc) is 2.81. The highest BCUT2D eigenvalue weighted by molar-refractivity contribution is 6.31. The van der Waals surface area contributed by atoms with Crippen LogP contribution >= 0.6 is 11.6 Å². The van der Waals surface area contributed by atoms with Crippen LogP contribution in [-0.4, -0.2) is 18.1 Å². The van der Waals surface area contributed by atoms with E-state index >= 15 is 0 Å². The Morgan fingerprint density at radius 2 is 2.39 bits per heavy atom. The molecule has 6 heteroatoms. The van der Waals surface area contributed by atoms with Crippen LogP contribution in [0.3, 0.4) is 0 Å². The van der Waals surface area contributed by atoms with Crippen molar-refractivity contribution in [2.45, 2.75) is 12.8 Å². The summed E-state index contributed by atoms with van der Waals surface area (Å²) in [5, 5.41) is 20.2. The van der Waals surface area contributed by atoms with Crippen molar-refractivity contribution in [3.8, 4) is 6.07 Å². The second kappa shape index (κ2) is 4.92. The topological polar surface area (TPSA) is 76.2 Å². The smallest absolute Gasteiger partial charge is 0.270 e. The summed E-state index contributed by atoms with van der Waals surface area (Å²) >= 11 is 6.02. The molecule has 0 aliphatic carbocycles. The van der Waals surface area contributed by atoms with Gasteiger partial charge in [-0.25, -0.2) is 0 Å². The second-order valence-corrected chi connectivity index (χ2v) is 4.81. The van der Waals surface area contributed by atoms with Crippen LogP contribution in [0.15, 0.2) is 18.2 Å². The molecule has 0 amide bonds. The van der Waals surface area contributed by atoms with E-state index in [1.807, 2.05) is 0 Å². The Morgan fingerprint density at radius 3 is 2.89 bits per heavy atom. The summed E-state index contributed by atoms with van der Waals surface area (Å²) in [6.45, 7) is 0.953. The zero-order chi connectivity index (χ0) is 13.2. The zero-order valence-electron chi connectivity index (χ0n) is 9.56. The monoisotopic (exact) mass is 266 g/mol. The molecular weight excluding hydrogens is 256 g/mol. The molecule has 0 spiro atoms. The molecule has 0 aromatic heterocycles. The quantitative estimate of drug-likeness (QED) is 0.623. The number of ether oxygens (including phenoxy) is 1. The molecule has 1 heterocycles. The van der Waals surface area contributed by atoms with Crippen LogP contribution in [0.1, 0.15) is 12.0 Å². The number of nitro benzene ring substituents is 1. The molecular formula is C12H11ClN2O3. The lowest BCUT2D eigenvalue weighted by Gasteiger charge is -2.18. The van der Waals surface area contributed by atoms with Gasteiger partial charge >= 0.3 is 0 Å². The van der Waals surface area contributed by atoms with Gasteiger partial charge in [0.05, 0.1) is 28.0 Å². The van der Waals surface area contributed by atoms with Gasteiger partial charge in [0.15, 0.2) is 0 Å². The van der Waals surface area contributed by atoms with E-state index in [0.717, 1.165) is 5.56 Å². The lowest BCUT2D eigenvalue weighted by Crippen LogP contribution is -2.21. The first-order chi connectivity index (χ1) is 8.56.